The van der Waals surface area contributed by atoms with Gasteiger partial charge in [-0.3, -0.25) is 13.9 Å². The Kier molecular flexibility index (Phi) is 6.44. The average molecular weight is 393 g/mol. The molecule has 1 amide bonds. The van der Waals surface area contributed by atoms with Crippen molar-refractivity contribution in [2.24, 2.45) is 0 Å². The normalized spacial score (nSPS) is 15.6. The highest BCUT2D eigenvalue weighted by Crippen LogP contribution is 2.28. The maximum absolute atomic E-state index is 12.1. The topological polar surface area (TPSA) is 117 Å². The minimum absolute atomic E-state index is 0.371. The third-order valence-corrected chi connectivity index (χ3v) is 5.60. The monoisotopic (exact) mass is 393 g/mol. The predicted octanol–water partition coefficient (Wildman–Crippen LogP) is 1.26. The van der Waals surface area contributed by atoms with Gasteiger partial charge in [-0.1, -0.05) is 18.2 Å². The molecule has 2 rings (SSSR count). The lowest BCUT2D eigenvalue weighted by atomic mass is 10.00. The van der Waals surface area contributed by atoms with Crippen LogP contribution in [0.2, 0.25) is 0 Å². The number of ether oxygens (including phenoxy) is 1. The number of rotatable bonds is 7. The van der Waals surface area contributed by atoms with Gasteiger partial charge in [0.15, 0.2) is 6.61 Å². The molecule has 1 fully saturated rings. The molecule has 1 aromatic rings. The van der Waals surface area contributed by atoms with Crippen LogP contribution < -0.4 is 9.62 Å². The number of sulfonamides is 1. The Bertz CT molecular complexity index is 854. The summed E-state index contributed by atoms with van der Waals surface area (Å²) in [6, 6.07) is 8.87. The molecule has 0 unspecified atom stereocenters. The fourth-order valence-electron chi connectivity index (χ4n) is 3.08. The van der Waals surface area contributed by atoms with Gasteiger partial charge in [0.2, 0.25) is 10.0 Å². The summed E-state index contributed by atoms with van der Waals surface area (Å²) < 4.78 is 30.0. The molecule has 0 aliphatic heterocycles. The van der Waals surface area contributed by atoms with E-state index in [1.54, 1.807) is 31.2 Å². The molecule has 0 aromatic heterocycles. The molecule has 1 aliphatic carbocycles. The van der Waals surface area contributed by atoms with Gasteiger partial charge in [0.05, 0.1) is 18.0 Å². The number of para-hydroxylation sites is 1. The van der Waals surface area contributed by atoms with E-state index in [1.165, 1.54) is 0 Å². The van der Waals surface area contributed by atoms with E-state index in [1.807, 2.05) is 0 Å². The van der Waals surface area contributed by atoms with E-state index in [0.29, 0.717) is 24.1 Å². The summed E-state index contributed by atoms with van der Waals surface area (Å²) in [6.07, 6.45) is 3.84. The van der Waals surface area contributed by atoms with Gasteiger partial charge in [-0.2, -0.15) is 5.26 Å². The first-order valence-electron chi connectivity index (χ1n) is 8.58. The van der Waals surface area contributed by atoms with Gasteiger partial charge in [0, 0.05) is 0 Å². The SMILES string of the molecule is Cc1ccccc1N(CC(=O)OCC(=O)NC1(C#N)CCCC1)S(C)(=O)=O. The number of carbonyl (C=O) groups is 2. The first kappa shape index (κ1) is 20.7. The molecule has 1 aromatic carbocycles. The molecule has 0 bridgehead atoms. The minimum Gasteiger partial charge on any atom is -0.454 e. The zero-order valence-corrected chi connectivity index (χ0v) is 16.2. The van der Waals surface area contributed by atoms with E-state index in [4.69, 9.17) is 4.74 Å². The number of aryl methyl sites for hydroxylation is 1. The molecular weight excluding hydrogens is 370 g/mol. The Morgan fingerprint density at radius 1 is 1.30 bits per heavy atom. The van der Waals surface area contributed by atoms with Crippen molar-refractivity contribution in [3.05, 3.63) is 29.8 Å². The van der Waals surface area contributed by atoms with Gasteiger partial charge in [-0.15, -0.1) is 0 Å². The second-order valence-electron chi connectivity index (χ2n) is 6.67. The predicted molar refractivity (Wildman–Crippen MR) is 99.3 cm³/mol. The highest BCUT2D eigenvalue weighted by atomic mass is 32.2. The number of nitrogens with zero attached hydrogens (tertiary/aromatic N) is 2. The largest absolute Gasteiger partial charge is 0.454 e. The molecule has 0 radical (unpaired) electrons. The number of amides is 1. The molecule has 0 atom stereocenters. The third-order valence-electron chi connectivity index (χ3n) is 4.47. The molecule has 0 heterocycles. The van der Waals surface area contributed by atoms with Crippen molar-refractivity contribution >= 4 is 27.6 Å². The maximum atomic E-state index is 12.1. The Labute approximate surface area is 159 Å². The third kappa shape index (κ3) is 5.44. The first-order valence-corrected chi connectivity index (χ1v) is 10.4. The van der Waals surface area contributed by atoms with Crippen molar-refractivity contribution in [2.45, 2.75) is 38.1 Å². The quantitative estimate of drug-likeness (QED) is 0.697. The number of benzene rings is 1. The Hall–Kier alpha value is -2.60. The summed E-state index contributed by atoms with van der Waals surface area (Å²) in [5.74, 6) is -1.43. The van der Waals surface area contributed by atoms with Crippen molar-refractivity contribution in [1.29, 1.82) is 5.26 Å². The van der Waals surface area contributed by atoms with Crippen LogP contribution in [-0.2, 0) is 24.3 Å². The summed E-state index contributed by atoms with van der Waals surface area (Å²) in [4.78, 5) is 24.1. The number of anilines is 1. The summed E-state index contributed by atoms with van der Waals surface area (Å²) in [5.41, 5.74) is 0.158. The van der Waals surface area contributed by atoms with Gasteiger partial charge in [0.1, 0.15) is 12.1 Å². The number of carbonyl (C=O) groups excluding carboxylic acids is 2. The summed E-state index contributed by atoms with van der Waals surface area (Å²) in [7, 11) is -3.72. The van der Waals surface area contributed by atoms with Crippen LogP contribution >= 0.6 is 0 Å². The molecule has 0 spiro atoms. The molecular formula is C18H23N3O5S. The molecule has 146 valence electrons. The lowest BCUT2D eigenvalue weighted by Crippen LogP contribution is -2.47. The zero-order valence-electron chi connectivity index (χ0n) is 15.4. The lowest BCUT2D eigenvalue weighted by Gasteiger charge is -2.24. The molecule has 27 heavy (non-hydrogen) atoms. The van der Waals surface area contributed by atoms with Gasteiger partial charge >= 0.3 is 5.97 Å². The zero-order chi connectivity index (χ0) is 20.1. The highest BCUT2D eigenvalue weighted by Gasteiger charge is 2.35. The molecule has 8 nitrogen and oxygen atoms in total. The Balaban J connectivity index is 1.97. The second-order valence-corrected chi connectivity index (χ2v) is 8.57. The van der Waals surface area contributed by atoms with Crippen LogP contribution in [0.25, 0.3) is 0 Å². The average Bonchev–Trinajstić information content (AvgIpc) is 3.07. The van der Waals surface area contributed by atoms with Crippen LogP contribution in [0.4, 0.5) is 5.69 Å². The second kappa shape index (κ2) is 8.39. The van der Waals surface area contributed by atoms with E-state index in [9.17, 15) is 23.3 Å². The van der Waals surface area contributed by atoms with Gasteiger partial charge in [0.25, 0.3) is 5.91 Å². The van der Waals surface area contributed by atoms with Crippen molar-refractivity contribution in [1.82, 2.24) is 5.32 Å². The van der Waals surface area contributed by atoms with E-state index in [0.717, 1.165) is 23.4 Å². The number of nitriles is 1. The first-order chi connectivity index (χ1) is 12.7. The molecule has 9 heteroatoms. The number of esters is 1. The van der Waals surface area contributed by atoms with E-state index in [2.05, 4.69) is 11.4 Å². The van der Waals surface area contributed by atoms with E-state index in [-0.39, 0.29) is 0 Å². The van der Waals surface area contributed by atoms with E-state index >= 15 is 0 Å². The van der Waals surface area contributed by atoms with Crippen molar-refractivity contribution in [2.75, 3.05) is 23.7 Å². The summed E-state index contributed by atoms with van der Waals surface area (Å²) in [6.45, 7) is 0.628. The number of hydrogen-bond acceptors (Lipinski definition) is 6. The van der Waals surface area contributed by atoms with Crippen LogP contribution in [-0.4, -0.2) is 45.2 Å². The van der Waals surface area contributed by atoms with Crippen molar-refractivity contribution in [3.8, 4) is 6.07 Å². The summed E-state index contributed by atoms with van der Waals surface area (Å²) >= 11 is 0. The Morgan fingerprint density at radius 3 is 2.48 bits per heavy atom. The lowest BCUT2D eigenvalue weighted by molar-refractivity contribution is -0.147. The van der Waals surface area contributed by atoms with Crippen LogP contribution in [0.5, 0.6) is 0 Å². The van der Waals surface area contributed by atoms with Gasteiger partial charge in [-0.05, 0) is 44.2 Å². The Morgan fingerprint density at radius 2 is 1.93 bits per heavy atom. The minimum atomic E-state index is -3.72. The molecule has 1 saturated carbocycles. The van der Waals surface area contributed by atoms with E-state index < -0.39 is 40.6 Å². The van der Waals surface area contributed by atoms with Crippen LogP contribution in [0.15, 0.2) is 24.3 Å². The number of hydrogen-bond donors (Lipinski definition) is 1. The van der Waals surface area contributed by atoms with Gasteiger partial charge in [-0.25, -0.2) is 8.42 Å². The number of nitrogens with one attached hydrogen (secondary N) is 1. The van der Waals surface area contributed by atoms with Crippen LogP contribution in [0.3, 0.4) is 0 Å². The standard InChI is InChI=1S/C18H23N3O5S/c1-14-7-3-4-8-15(14)21(27(2,24)25)11-17(23)26-12-16(22)20-18(13-19)9-5-6-10-18/h3-4,7-8H,5-6,9-12H2,1-2H3,(H,20,22). The fraction of sp³-hybridized carbons (Fsp3) is 0.500. The van der Waals surface area contributed by atoms with Crippen molar-refractivity contribution < 1.29 is 22.7 Å². The fourth-order valence-corrected chi connectivity index (χ4v) is 3.98. The maximum Gasteiger partial charge on any atom is 0.327 e. The van der Waals surface area contributed by atoms with Gasteiger partial charge < -0.3 is 10.1 Å². The molecule has 1 N–H and O–H groups in total. The molecule has 0 saturated heterocycles. The summed E-state index contributed by atoms with van der Waals surface area (Å²) in [5, 5.41) is 11.9. The molecule has 1 aliphatic rings. The van der Waals surface area contributed by atoms with Crippen molar-refractivity contribution in [3.63, 3.8) is 0 Å². The van der Waals surface area contributed by atoms with Crippen LogP contribution in [0.1, 0.15) is 31.2 Å². The highest BCUT2D eigenvalue weighted by molar-refractivity contribution is 7.92. The van der Waals surface area contributed by atoms with Crippen LogP contribution in [0, 0.1) is 18.3 Å². The smallest absolute Gasteiger partial charge is 0.327 e.